The normalized spacial score (nSPS) is 11.3. The Balaban J connectivity index is 1.63. The molecule has 0 aliphatic rings. The van der Waals surface area contributed by atoms with Crippen LogP contribution < -0.4 is 10.1 Å². The maximum atomic E-state index is 12.3. The van der Waals surface area contributed by atoms with Crippen LogP contribution in [0.2, 0.25) is 0 Å². The molecule has 0 saturated heterocycles. The number of nitro benzene ring substituents is 1. The molecule has 142 valence electrons. The summed E-state index contributed by atoms with van der Waals surface area (Å²) in [5.74, 6) is 0. The first-order valence-electron chi connectivity index (χ1n) is 8.15. The Morgan fingerprint density at radius 2 is 1.57 bits per heavy atom. The maximum Gasteiger partial charge on any atom is 0.270 e. The smallest absolute Gasteiger partial charge is 0.270 e. The molecule has 0 saturated carbocycles. The first-order valence-corrected chi connectivity index (χ1v) is 9.64. The number of nitrogens with zero attached hydrogens (tertiary/aromatic N) is 2. The summed E-state index contributed by atoms with van der Waals surface area (Å²) in [6, 6.07) is 20.7. The van der Waals surface area contributed by atoms with Gasteiger partial charge in [0.1, 0.15) is 0 Å². The van der Waals surface area contributed by atoms with Crippen LogP contribution in [-0.4, -0.2) is 19.6 Å². The molecule has 3 aromatic rings. The molecule has 0 radical (unpaired) electrons. The van der Waals surface area contributed by atoms with Gasteiger partial charge in [-0.15, -0.1) is 0 Å². The van der Waals surface area contributed by atoms with Crippen LogP contribution >= 0.6 is 0 Å². The summed E-state index contributed by atoms with van der Waals surface area (Å²) in [5, 5.41) is 14.8. The number of non-ortho nitro benzene ring substituents is 1. The van der Waals surface area contributed by atoms with Gasteiger partial charge in [-0.05, 0) is 36.4 Å². The quantitative estimate of drug-likeness (QED) is 0.358. The van der Waals surface area contributed by atoms with Crippen molar-refractivity contribution < 1.29 is 13.3 Å². The van der Waals surface area contributed by atoms with Crippen molar-refractivity contribution in [2.24, 2.45) is 5.10 Å². The number of rotatable bonds is 7. The maximum absolute atomic E-state index is 12.3. The van der Waals surface area contributed by atoms with Gasteiger partial charge in [0, 0.05) is 23.4 Å². The van der Waals surface area contributed by atoms with Crippen molar-refractivity contribution in [3.8, 4) is 0 Å². The van der Waals surface area contributed by atoms with Crippen LogP contribution in [0.3, 0.4) is 0 Å². The van der Waals surface area contributed by atoms with E-state index < -0.39 is 14.9 Å². The Hall–Kier alpha value is -3.72. The van der Waals surface area contributed by atoms with Crippen LogP contribution in [0.1, 0.15) is 5.56 Å². The molecule has 0 spiro atoms. The van der Waals surface area contributed by atoms with Crippen molar-refractivity contribution in [2.75, 3.05) is 10.1 Å². The zero-order valence-electron chi connectivity index (χ0n) is 14.5. The molecule has 0 fully saturated rings. The monoisotopic (exact) mass is 396 g/mol. The molecule has 3 aromatic carbocycles. The van der Waals surface area contributed by atoms with E-state index in [0.717, 1.165) is 0 Å². The van der Waals surface area contributed by atoms with Gasteiger partial charge in [0.15, 0.2) is 0 Å². The Labute approximate surface area is 161 Å². The zero-order chi connectivity index (χ0) is 20.0. The summed E-state index contributed by atoms with van der Waals surface area (Å²) in [5.41, 5.74) is 4.39. The van der Waals surface area contributed by atoms with Crippen molar-refractivity contribution in [3.05, 3.63) is 94.5 Å². The van der Waals surface area contributed by atoms with Gasteiger partial charge in [-0.3, -0.25) is 20.3 Å². The van der Waals surface area contributed by atoms with E-state index >= 15 is 0 Å². The number of hydrogen-bond acceptors (Lipinski definition) is 6. The molecule has 0 amide bonds. The average Bonchev–Trinajstić information content (AvgIpc) is 2.70. The summed E-state index contributed by atoms with van der Waals surface area (Å²) in [6.45, 7) is 0. The van der Waals surface area contributed by atoms with Crippen molar-refractivity contribution in [1.82, 2.24) is 0 Å². The molecule has 0 aromatic heterocycles. The van der Waals surface area contributed by atoms with E-state index in [0.29, 0.717) is 16.9 Å². The molecule has 2 N–H and O–H groups in total. The minimum absolute atomic E-state index is 0.0148. The third-order valence-electron chi connectivity index (χ3n) is 3.68. The molecule has 28 heavy (non-hydrogen) atoms. The SMILES string of the molecule is O=[N+]([O-])c1cccc(/C=N/Nc2ccc(NS(=O)(=O)c3ccccc3)cc2)c1. The molecular formula is C19H16N4O4S. The molecular weight excluding hydrogens is 380 g/mol. The van der Waals surface area contributed by atoms with Gasteiger partial charge in [0.25, 0.3) is 15.7 Å². The summed E-state index contributed by atoms with van der Waals surface area (Å²) in [4.78, 5) is 10.5. The number of benzene rings is 3. The molecule has 0 bridgehead atoms. The minimum atomic E-state index is -3.65. The first kappa shape index (κ1) is 19.1. The second-order valence-electron chi connectivity index (χ2n) is 5.72. The number of sulfonamides is 1. The van der Waals surface area contributed by atoms with Crippen molar-refractivity contribution in [1.29, 1.82) is 0 Å². The van der Waals surface area contributed by atoms with Gasteiger partial charge in [-0.2, -0.15) is 5.10 Å². The molecule has 8 nitrogen and oxygen atoms in total. The van der Waals surface area contributed by atoms with E-state index in [1.54, 1.807) is 54.6 Å². The number of hydrazone groups is 1. The van der Waals surface area contributed by atoms with Gasteiger partial charge in [-0.1, -0.05) is 30.3 Å². The van der Waals surface area contributed by atoms with Gasteiger partial charge in [0.05, 0.1) is 21.7 Å². The molecule has 9 heteroatoms. The van der Waals surface area contributed by atoms with Crippen LogP contribution in [0.4, 0.5) is 17.1 Å². The van der Waals surface area contributed by atoms with Crippen LogP contribution in [0.15, 0.2) is 88.9 Å². The second-order valence-corrected chi connectivity index (χ2v) is 7.40. The fourth-order valence-electron chi connectivity index (χ4n) is 2.33. The third kappa shape index (κ3) is 4.92. The Morgan fingerprint density at radius 1 is 0.893 bits per heavy atom. The summed E-state index contributed by atoms with van der Waals surface area (Å²) >= 11 is 0. The van der Waals surface area contributed by atoms with E-state index in [2.05, 4.69) is 15.2 Å². The van der Waals surface area contributed by atoms with Crippen molar-refractivity contribution in [2.45, 2.75) is 4.90 Å². The highest BCUT2D eigenvalue weighted by Gasteiger charge is 2.13. The predicted molar refractivity (Wildman–Crippen MR) is 108 cm³/mol. The standard InChI is InChI=1S/C19H16N4O4S/c24-23(25)18-6-4-5-15(13-18)14-20-21-16-9-11-17(12-10-16)22-28(26,27)19-7-2-1-3-8-19/h1-14,21-22H/b20-14+. The number of nitro groups is 1. The highest BCUT2D eigenvalue weighted by atomic mass is 32.2. The first-order chi connectivity index (χ1) is 13.4. The molecule has 0 aliphatic carbocycles. The predicted octanol–water partition coefficient (Wildman–Crippen LogP) is 3.84. The Bertz CT molecular complexity index is 1100. The fourth-order valence-corrected chi connectivity index (χ4v) is 3.41. The van der Waals surface area contributed by atoms with Crippen LogP contribution in [0.5, 0.6) is 0 Å². The molecule has 0 atom stereocenters. The van der Waals surface area contributed by atoms with Crippen LogP contribution in [0.25, 0.3) is 0 Å². The third-order valence-corrected chi connectivity index (χ3v) is 5.08. The van der Waals surface area contributed by atoms with Crippen molar-refractivity contribution >= 4 is 33.3 Å². The van der Waals surface area contributed by atoms with Gasteiger partial charge < -0.3 is 0 Å². The minimum Gasteiger partial charge on any atom is -0.280 e. The lowest BCUT2D eigenvalue weighted by Crippen LogP contribution is -2.12. The average molecular weight is 396 g/mol. The number of hydrogen-bond donors (Lipinski definition) is 2. The van der Waals surface area contributed by atoms with E-state index in [9.17, 15) is 18.5 Å². The number of anilines is 2. The molecule has 0 aliphatic heterocycles. The van der Waals surface area contributed by atoms with Gasteiger partial charge in [0.2, 0.25) is 0 Å². The summed E-state index contributed by atoms with van der Waals surface area (Å²) in [6.07, 6.45) is 1.46. The number of nitrogens with one attached hydrogen (secondary N) is 2. The van der Waals surface area contributed by atoms with E-state index in [1.807, 2.05) is 0 Å². The fraction of sp³-hybridized carbons (Fsp3) is 0. The van der Waals surface area contributed by atoms with Crippen molar-refractivity contribution in [3.63, 3.8) is 0 Å². The largest absolute Gasteiger partial charge is 0.280 e. The van der Waals surface area contributed by atoms with E-state index in [4.69, 9.17) is 0 Å². The van der Waals surface area contributed by atoms with Crippen LogP contribution in [-0.2, 0) is 10.0 Å². The molecule has 0 heterocycles. The van der Waals surface area contributed by atoms with E-state index in [-0.39, 0.29) is 10.6 Å². The zero-order valence-corrected chi connectivity index (χ0v) is 15.3. The summed E-state index contributed by atoms with van der Waals surface area (Å²) in [7, 11) is -3.65. The molecule has 0 unspecified atom stereocenters. The lowest BCUT2D eigenvalue weighted by molar-refractivity contribution is -0.384. The summed E-state index contributed by atoms with van der Waals surface area (Å²) < 4.78 is 27.1. The van der Waals surface area contributed by atoms with E-state index in [1.165, 1.54) is 30.5 Å². The highest BCUT2D eigenvalue weighted by molar-refractivity contribution is 7.92. The lowest BCUT2D eigenvalue weighted by atomic mass is 10.2. The highest BCUT2D eigenvalue weighted by Crippen LogP contribution is 2.18. The topological polar surface area (TPSA) is 114 Å². The Kier molecular flexibility index (Phi) is 5.66. The second kappa shape index (κ2) is 8.31. The lowest BCUT2D eigenvalue weighted by Gasteiger charge is -2.08. The van der Waals surface area contributed by atoms with Gasteiger partial charge in [-0.25, -0.2) is 8.42 Å². The van der Waals surface area contributed by atoms with Crippen LogP contribution in [0, 0.1) is 10.1 Å². The van der Waals surface area contributed by atoms with Gasteiger partial charge >= 0.3 is 0 Å². The Morgan fingerprint density at radius 3 is 2.25 bits per heavy atom. The molecule has 3 rings (SSSR count).